The Balaban J connectivity index is 2.14. The number of fused-ring (bicyclic) bond motifs is 1. The second kappa shape index (κ2) is 6.38. The Morgan fingerprint density at radius 3 is 3.00 bits per heavy atom. The van der Waals surface area contributed by atoms with E-state index in [0.717, 1.165) is 12.1 Å². The maximum atomic E-state index is 11.4. The third-order valence-corrected chi connectivity index (χ3v) is 3.10. The molecule has 1 heterocycles. The number of hydrogen-bond donors (Lipinski definition) is 2. The summed E-state index contributed by atoms with van der Waals surface area (Å²) in [7, 11) is 1.38. The van der Waals surface area contributed by atoms with Gasteiger partial charge in [-0.15, -0.1) is 0 Å². The highest BCUT2D eigenvalue weighted by Gasteiger charge is 2.14. The number of H-pyrrole nitrogens is 1. The number of carbonyl (C=O) groups is 1. The number of esters is 1. The molecule has 1 unspecified atom stereocenters. The number of aromatic amines is 1. The zero-order valence-corrected chi connectivity index (χ0v) is 11.6. The lowest BCUT2D eigenvalue weighted by Crippen LogP contribution is -2.33. The van der Waals surface area contributed by atoms with Crippen LogP contribution in [-0.2, 0) is 16.0 Å². The molecule has 0 saturated heterocycles. The number of likely N-dealkylation sites (N-methyl/N-ethyl adjacent to an activating group) is 1. The molecule has 0 aliphatic heterocycles. The number of rotatable bonds is 6. The summed E-state index contributed by atoms with van der Waals surface area (Å²) in [5.74, 6) is -0.708. The molecule has 6 heteroatoms. The topological polar surface area (TPSA) is 84.3 Å². The first kappa shape index (κ1) is 14.3. The molecule has 0 bridgehead atoms. The number of oxazole rings is 1. The van der Waals surface area contributed by atoms with Gasteiger partial charge in [0.05, 0.1) is 19.0 Å². The zero-order valence-electron chi connectivity index (χ0n) is 11.6. The van der Waals surface area contributed by atoms with Gasteiger partial charge in [0.1, 0.15) is 0 Å². The monoisotopic (exact) mass is 278 g/mol. The van der Waals surface area contributed by atoms with Gasteiger partial charge < -0.3 is 14.5 Å². The predicted octanol–water partition coefficient (Wildman–Crippen LogP) is 1.20. The van der Waals surface area contributed by atoms with E-state index < -0.39 is 5.76 Å². The SMILES string of the molecule is CCNC(CC(=O)OC)Cc1ccc2[nH]c(=O)oc2c1. The van der Waals surface area contributed by atoms with Gasteiger partial charge in [0.25, 0.3) is 0 Å². The number of nitrogens with one attached hydrogen (secondary N) is 2. The summed E-state index contributed by atoms with van der Waals surface area (Å²) in [6.07, 6.45) is 0.966. The van der Waals surface area contributed by atoms with Crippen LogP contribution in [0.25, 0.3) is 11.1 Å². The van der Waals surface area contributed by atoms with E-state index in [1.54, 1.807) is 6.07 Å². The van der Waals surface area contributed by atoms with E-state index >= 15 is 0 Å². The molecule has 20 heavy (non-hydrogen) atoms. The van der Waals surface area contributed by atoms with Crippen molar-refractivity contribution in [1.29, 1.82) is 0 Å². The Labute approximate surface area is 116 Å². The summed E-state index contributed by atoms with van der Waals surface area (Å²) >= 11 is 0. The fourth-order valence-corrected chi connectivity index (χ4v) is 2.19. The van der Waals surface area contributed by atoms with Crippen LogP contribution in [0.4, 0.5) is 0 Å². The Hall–Kier alpha value is -2.08. The van der Waals surface area contributed by atoms with Crippen LogP contribution in [0, 0.1) is 0 Å². The summed E-state index contributed by atoms with van der Waals surface area (Å²) in [6.45, 7) is 2.75. The first-order valence-corrected chi connectivity index (χ1v) is 6.54. The summed E-state index contributed by atoms with van der Waals surface area (Å²) < 4.78 is 9.72. The molecule has 1 atom stereocenters. The summed E-state index contributed by atoms with van der Waals surface area (Å²) in [5, 5.41) is 3.25. The Morgan fingerprint density at radius 1 is 1.50 bits per heavy atom. The Kier molecular flexibility index (Phi) is 4.57. The third kappa shape index (κ3) is 3.48. The molecule has 0 saturated carbocycles. The normalized spacial score (nSPS) is 12.5. The minimum absolute atomic E-state index is 0.00411. The molecule has 1 aromatic heterocycles. The van der Waals surface area contributed by atoms with E-state index in [2.05, 4.69) is 10.3 Å². The van der Waals surface area contributed by atoms with E-state index in [0.29, 0.717) is 23.9 Å². The molecule has 108 valence electrons. The molecule has 0 fully saturated rings. The van der Waals surface area contributed by atoms with Crippen LogP contribution < -0.4 is 11.1 Å². The second-order valence-electron chi connectivity index (χ2n) is 4.58. The molecule has 0 amide bonds. The van der Waals surface area contributed by atoms with Crippen LogP contribution in [0.3, 0.4) is 0 Å². The van der Waals surface area contributed by atoms with E-state index in [4.69, 9.17) is 9.15 Å². The van der Waals surface area contributed by atoms with Crippen LogP contribution in [0.1, 0.15) is 18.9 Å². The van der Waals surface area contributed by atoms with Crippen molar-refractivity contribution >= 4 is 17.1 Å². The predicted molar refractivity (Wildman–Crippen MR) is 74.6 cm³/mol. The molecule has 0 aliphatic carbocycles. The van der Waals surface area contributed by atoms with Gasteiger partial charge in [-0.05, 0) is 30.7 Å². The van der Waals surface area contributed by atoms with Crippen molar-refractivity contribution < 1.29 is 13.9 Å². The standard InChI is InChI=1S/C14H18N2O4/c1-3-15-10(8-13(17)19-2)6-9-4-5-11-12(7-9)20-14(18)16-11/h4-5,7,10,15H,3,6,8H2,1-2H3,(H,16,18). The number of benzene rings is 1. The lowest BCUT2D eigenvalue weighted by atomic mass is 10.0. The van der Waals surface area contributed by atoms with Gasteiger partial charge in [0, 0.05) is 6.04 Å². The van der Waals surface area contributed by atoms with Gasteiger partial charge in [-0.3, -0.25) is 9.78 Å². The van der Waals surface area contributed by atoms with Crippen molar-refractivity contribution in [3.8, 4) is 0 Å². The molecule has 2 rings (SSSR count). The molecular formula is C14H18N2O4. The first-order valence-electron chi connectivity index (χ1n) is 6.54. The summed E-state index contributed by atoms with van der Waals surface area (Å²) in [6, 6.07) is 5.52. The number of methoxy groups -OCH3 is 1. The molecule has 1 aromatic carbocycles. The van der Waals surface area contributed by atoms with E-state index in [-0.39, 0.29) is 12.0 Å². The minimum atomic E-state index is -0.463. The van der Waals surface area contributed by atoms with Gasteiger partial charge in [-0.1, -0.05) is 13.0 Å². The maximum Gasteiger partial charge on any atom is 0.417 e. The van der Waals surface area contributed by atoms with Crippen molar-refractivity contribution in [3.05, 3.63) is 34.3 Å². The van der Waals surface area contributed by atoms with E-state index in [1.165, 1.54) is 7.11 Å². The molecule has 2 aromatic rings. The van der Waals surface area contributed by atoms with Crippen molar-refractivity contribution in [3.63, 3.8) is 0 Å². The molecule has 0 spiro atoms. The molecule has 0 radical (unpaired) electrons. The van der Waals surface area contributed by atoms with Gasteiger partial charge in [0.2, 0.25) is 0 Å². The fraction of sp³-hybridized carbons (Fsp3) is 0.429. The maximum absolute atomic E-state index is 11.4. The minimum Gasteiger partial charge on any atom is -0.469 e. The highest BCUT2D eigenvalue weighted by Crippen LogP contribution is 2.14. The Morgan fingerprint density at radius 2 is 2.30 bits per heavy atom. The summed E-state index contributed by atoms with van der Waals surface area (Å²) in [5.41, 5.74) is 2.20. The first-order chi connectivity index (χ1) is 9.62. The van der Waals surface area contributed by atoms with Gasteiger partial charge in [-0.2, -0.15) is 0 Å². The van der Waals surface area contributed by atoms with Crippen LogP contribution in [0.5, 0.6) is 0 Å². The van der Waals surface area contributed by atoms with Gasteiger partial charge >= 0.3 is 11.7 Å². The number of ether oxygens (including phenoxy) is 1. The number of aromatic nitrogens is 1. The van der Waals surface area contributed by atoms with E-state index in [1.807, 2.05) is 19.1 Å². The summed E-state index contributed by atoms with van der Waals surface area (Å²) in [4.78, 5) is 25.1. The number of carbonyl (C=O) groups excluding carboxylic acids is 1. The van der Waals surface area contributed by atoms with Crippen molar-refractivity contribution in [2.75, 3.05) is 13.7 Å². The van der Waals surface area contributed by atoms with Crippen LogP contribution in [-0.4, -0.2) is 30.6 Å². The van der Waals surface area contributed by atoms with Crippen molar-refractivity contribution in [2.24, 2.45) is 0 Å². The van der Waals surface area contributed by atoms with Crippen LogP contribution in [0.15, 0.2) is 27.4 Å². The smallest absolute Gasteiger partial charge is 0.417 e. The van der Waals surface area contributed by atoms with Crippen LogP contribution in [0.2, 0.25) is 0 Å². The van der Waals surface area contributed by atoms with Crippen molar-refractivity contribution in [1.82, 2.24) is 10.3 Å². The highest BCUT2D eigenvalue weighted by molar-refractivity contribution is 5.73. The van der Waals surface area contributed by atoms with Crippen molar-refractivity contribution in [2.45, 2.75) is 25.8 Å². The average Bonchev–Trinajstić information content (AvgIpc) is 2.78. The van der Waals surface area contributed by atoms with E-state index in [9.17, 15) is 9.59 Å². The molecule has 6 nitrogen and oxygen atoms in total. The largest absolute Gasteiger partial charge is 0.469 e. The lowest BCUT2D eigenvalue weighted by Gasteiger charge is -2.16. The Bertz CT molecular complexity index is 644. The second-order valence-corrected chi connectivity index (χ2v) is 4.58. The van der Waals surface area contributed by atoms with Gasteiger partial charge in [0.15, 0.2) is 5.58 Å². The zero-order chi connectivity index (χ0) is 14.5. The number of hydrogen-bond acceptors (Lipinski definition) is 5. The molecule has 0 aliphatic rings. The van der Waals surface area contributed by atoms with Gasteiger partial charge in [-0.25, -0.2) is 4.79 Å². The average molecular weight is 278 g/mol. The quantitative estimate of drug-likeness (QED) is 0.776. The molecule has 2 N–H and O–H groups in total. The molecular weight excluding hydrogens is 260 g/mol. The third-order valence-electron chi connectivity index (χ3n) is 3.10. The highest BCUT2D eigenvalue weighted by atomic mass is 16.5. The lowest BCUT2D eigenvalue weighted by molar-refractivity contribution is -0.141. The van der Waals surface area contributed by atoms with Crippen LogP contribution >= 0.6 is 0 Å². The fourth-order valence-electron chi connectivity index (χ4n) is 2.19.